The van der Waals surface area contributed by atoms with E-state index < -0.39 is 6.10 Å². The van der Waals surface area contributed by atoms with Crippen LogP contribution in [0.2, 0.25) is 0 Å². The summed E-state index contributed by atoms with van der Waals surface area (Å²) in [5.74, 6) is -0.879. The van der Waals surface area contributed by atoms with Gasteiger partial charge >= 0.3 is 17.9 Å². The molecule has 0 radical (unpaired) electrons. The van der Waals surface area contributed by atoms with Crippen molar-refractivity contribution in [3.63, 3.8) is 0 Å². The van der Waals surface area contributed by atoms with Crippen molar-refractivity contribution in [1.82, 2.24) is 0 Å². The summed E-state index contributed by atoms with van der Waals surface area (Å²) in [5, 5.41) is 0. The highest BCUT2D eigenvalue weighted by Crippen LogP contribution is 2.16. The molecule has 63 heavy (non-hydrogen) atoms. The highest BCUT2D eigenvalue weighted by atomic mass is 16.6. The number of rotatable bonds is 50. The molecule has 6 heteroatoms. The van der Waals surface area contributed by atoms with Gasteiger partial charge in [0.2, 0.25) is 0 Å². The fraction of sp³-hybridized carbons (Fsp3) is 0.842. The van der Waals surface area contributed by atoms with Gasteiger partial charge in [0, 0.05) is 19.3 Å². The third-order valence-electron chi connectivity index (χ3n) is 12.1. The molecule has 368 valence electrons. The fourth-order valence-electron chi connectivity index (χ4n) is 7.93. The van der Waals surface area contributed by atoms with E-state index in [1.807, 2.05) is 0 Å². The van der Waals surface area contributed by atoms with Gasteiger partial charge in [0.25, 0.3) is 0 Å². The van der Waals surface area contributed by atoms with Crippen LogP contribution in [0.3, 0.4) is 0 Å². The zero-order chi connectivity index (χ0) is 45.8. The van der Waals surface area contributed by atoms with Crippen LogP contribution in [0.15, 0.2) is 36.5 Å². The third kappa shape index (κ3) is 50.5. The maximum atomic E-state index is 12.8. The number of unbranched alkanes of at least 4 members (excludes halogenated alkanes) is 33. The topological polar surface area (TPSA) is 78.9 Å². The normalized spacial score (nSPS) is 12.2. The van der Waals surface area contributed by atoms with Crippen LogP contribution in [-0.2, 0) is 28.6 Å². The molecule has 6 nitrogen and oxygen atoms in total. The first-order valence-electron chi connectivity index (χ1n) is 27.5. The summed E-state index contributed by atoms with van der Waals surface area (Å²) in [6, 6.07) is 0. The van der Waals surface area contributed by atoms with Crippen molar-refractivity contribution in [3.05, 3.63) is 36.5 Å². The minimum absolute atomic E-state index is 0.0759. The zero-order valence-electron chi connectivity index (χ0n) is 42.1. The van der Waals surface area contributed by atoms with E-state index >= 15 is 0 Å². The Balaban J connectivity index is 4.33. The lowest BCUT2D eigenvalue weighted by Crippen LogP contribution is -2.30. The Morgan fingerprint density at radius 3 is 0.952 bits per heavy atom. The quantitative estimate of drug-likeness (QED) is 0.0262. The van der Waals surface area contributed by atoms with E-state index in [4.69, 9.17) is 14.2 Å². The molecule has 0 bridgehead atoms. The first-order valence-corrected chi connectivity index (χ1v) is 27.5. The lowest BCUT2D eigenvalue weighted by Gasteiger charge is -2.18. The standard InChI is InChI=1S/C57H104O6/c1-4-7-10-13-16-19-22-24-26-28-29-31-32-35-38-41-44-47-50-56(59)62-53-54(52-61-55(58)49-46-43-40-37-34-21-18-15-12-9-6-3)63-57(60)51-48-45-42-39-36-33-30-27-25-23-20-17-14-11-8-5-2/h15,18-19,22,26,28,54H,4-14,16-17,20-21,23-25,27,29-53H2,1-3H3/b18-15-,22-19-,28-26-. The summed E-state index contributed by atoms with van der Waals surface area (Å²) in [4.78, 5) is 38.0. The largest absolute Gasteiger partial charge is 0.462 e. The Hall–Kier alpha value is -2.37. The Morgan fingerprint density at radius 1 is 0.317 bits per heavy atom. The van der Waals surface area contributed by atoms with Gasteiger partial charge in [-0.1, -0.05) is 237 Å². The second kappa shape index (κ2) is 52.3. The van der Waals surface area contributed by atoms with Crippen molar-refractivity contribution in [1.29, 1.82) is 0 Å². The second-order valence-corrected chi connectivity index (χ2v) is 18.5. The molecule has 0 saturated carbocycles. The van der Waals surface area contributed by atoms with Crippen LogP contribution in [0.25, 0.3) is 0 Å². The molecule has 0 aliphatic rings. The van der Waals surface area contributed by atoms with Gasteiger partial charge in [0.1, 0.15) is 13.2 Å². The molecule has 1 unspecified atom stereocenters. The molecule has 0 amide bonds. The summed E-state index contributed by atoms with van der Waals surface area (Å²) >= 11 is 0. The average Bonchev–Trinajstić information content (AvgIpc) is 3.28. The van der Waals surface area contributed by atoms with Crippen molar-refractivity contribution in [3.8, 4) is 0 Å². The smallest absolute Gasteiger partial charge is 0.306 e. The van der Waals surface area contributed by atoms with Crippen LogP contribution < -0.4 is 0 Å². The van der Waals surface area contributed by atoms with E-state index in [0.29, 0.717) is 19.3 Å². The minimum atomic E-state index is -0.775. The van der Waals surface area contributed by atoms with Crippen molar-refractivity contribution in [2.24, 2.45) is 0 Å². The van der Waals surface area contributed by atoms with Gasteiger partial charge < -0.3 is 14.2 Å². The highest BCUT2D eigenvalue weighted by Gasteiger charge is 2.19. The van der Waals surface area contributed by atoms with Gasteiger partial charge in [-0.25, -0.2) is 0 Å². The Labute approximate surface area is 391 Å². The second-order valence-electron chi connectivity index (χ2n) is 18.5. The van der Waals surface area contributed by atoms with Gasteiger partial charge in [-0.15, -0.1) is 0 Å². The number of allylic oxidation sites excluding steroid dienone is 6. The maximum absolute atomic E-state index is 12.8. The zero-order valence-corrected chi connectivity index (χ0v) is 42.1. The summed E-state index contributed by atoms with van der Waals surface area (Å²) in [6.07, 6.45) is 61.3. The summed E-state index contributed by atoms with van der Waals surface area (Å²) in [7, 11) is 0. The van der Waals surface area contributed by atoms with Gasteiger partial charge in [-0.2, -0.15) is 0 Å². The number of hydrogen-bond donors (Lipinski definition) is 0. The van der Waals surface area contributed by atoms with E-state index in [1.165, 1.54) is 173 Å². The molecule has 0 heterocycles. The Kier molecular flexibility index (Phi) is 50.3. The van der Waals surface area contributed by atoms with Crippen LogP contribution in [0.4, 0.5) is 0 Å². The summed E-state index contributed by atoms with van der Waals surface area (Å²) in [5.41, 5.74) is 0. The lowest BCUT2D eigenvalue weighted by molar-refractivity contribution is -0.167. The third-order valence-corrected chi connectivity index (χ3v) is 12.1. The summed E-state index contributed by atoms with van der Waals surface area (Å²) < 4.78 is 16.8. The molecule has 0 aromatic heterocycles. The molecule has 0 aliphatic carbocycles. The van der Waals surface area contributed by atoms with Crippen LogP contribution in [0.5, 0.6) is 0 Å². The highest BCUT2D eigenvalue weighted by molar-refractivity contribution is 5.71. The predicted molar refractivity (Wildman–Crippen MR) is 270 cm³/mol. The molecule has 0 fully saturated rings. The molecule has 0 spiro atoms. The monoisotopic (exact) mass is 885 g/mol. The fourth-order valence-corrected chi connectivity index (χ4v) is 7.93. The van der Waals surface area contributed by atoms with Crippen LogP contribution in [0, 0.1) is 0 Å². The van der Waals surface area contributed by atoms with Crippen LogP contribution in [0.1, 0.15) is 290 Å². The number of ether oxygens (including phenoxy) is 3. The molecule has 0 saturated heterocycles. The SMILES string of the molecule is CCCC/C=C\CCCCCCCC(=O)OCC(COC(=O)CCCCCCCCC/C=C\C/C=C\CCCCCC)OC(=O)CCCCCCCCCCCCCCCCCC. The lowest BCUT2D eigenvalue weighted by atomic mass is 10.0. The molecule has 0 aliphatic heterocycles. The van der Waals surface area contributed by atoms with Gasteiger partial charge in [-0.3, -0.25) is 14.4 Å². The molecule has 0 aromatic carbocycles. The molecule has 0 rings (SSSR count). The van der Waals surface area contributed by atoms with Crippen molar-refractivity contribution in [2.45, 2.75) is 297 Å². The van der Waals surface area contributed by atoms with E-state index in [2.05, 4.69) is 57.2 Å². The van der Waals surface area contributed by atoms with Gasteiger partial charge in [-0.05, 0) is 70.6 Å². The van der Waals surface area contributed by atoms with Gasteiger partial charge in [0.05, 0.1) is 0 Å². The number of carbonyl (C=O) groups is 3. The van der Waals surface area contributed by atoms with Gasteiger partial charge in [0.15, 0.2) is 6.10 Å². The molecule has 0 aromatic rings. The average molecular weight is 885 g/mol. The number of esters is 3. The van der Waals surface area contributed by atoms with E-state index in [0.717, 1.165) is 77.0 Å². The predicted octanol–water partition coefficient (Wildman–Crippen LogP) is 18.1. The Morgan fingerprint density at radius 2 is 0.587 bits per heavy atom. The number of hydrogen-bond acceptors (Lipinski definition) is 6. The minimum Gasteiger partial charge on any atom is -0.462 e. The van der Waals surface area contributed by atoms with Crippen molar-refractivity contribution >= 4 is 17.9 Å². The van der Waals surface area contributed by atoms with Crippen LogP contribution >= 0.6 is 0 Å². The molecule has 0 N–H and O–H groups in total. The van der Waals surface area contributed by atoms with Crippen molar-refractivity contribution < 1.29 is 28.6 Å². The molecular weight excluding hydrogens is 781 g/mol. The van der Waals surface area contributed by atoms with E-state index in [1.54, 1.807) is 0 Å². The first-order chi connectivity index (χ1) is 31.0. The molecule has 1 atom stereocenters. The van der Waals surface area contributed by atoms with Crippen LogP contribution in [-0.4, -0.2) is 37.2 Å². The Bertz CT molecular complexity index is 1060. The van der Waals surface area contributed by atoms with Crippen molar-refractivity contribution in [2.75, 3.05) is 13.2 Å². The number of carbonyl (C=O) groups excluding carboxylic acids is 3. The molecular formula is C57H104O6. The maximum Gasteiger partial charge on any atom is 0.306 e. The summed E-state index contributed by atoms with van der Waals surface area (Å²) in [6.45, 7) is 6.60. The van der Waals surface area contributed by atoms with E-state index in [9.17, 15) is 14.4 Å². The first kappa shape index (κ1) is 60.6. The van der Waals surface area contributed by atoms with E-state index in [-0.39, 0.29) is 31.1 Å².